The Kier molecular flexibility index (Phi) is 4.55. The number of aromatic nitrogens is 4. The van der Waals surface area contributed by atoms with Gasteiger partial charge in [-0.1, -0.05) is 18.9 Å². The summed E-state index contributed by atoms with van der Waals surface area (Å²) in [6.07, 6.45) is 2.71. The van der Waals surface area contributed by atoms with Crippen molar-refractivity contribution in [1.82, 2.24) is 24.9 Å². The summed E-state index contributed by atoms with van der Waals surface area (Å²) in [4.78, 5) is 16.1. The van der Waals surface area contributed by atoms with E-state index in [9.17, 15) is 4.79 Å². The molecule has 1 unspecified atom stereocenters. The highest BCUT2D eigenvalue weighted by Crippen LogP contribution is 2.23. The smallest absolute Gasteiger partial charge is 0.318 e. The van der Waals surface area contributed by atoms with Crippen LogP contribution in [-0.2, 0) is 24.4 Å². The number of aryl methyl sites for hydroxylation is 1. The SMILES string of the molecule is CCC(C)C(=O)N(C)Cc1cnn2c1CN(c1nnc(C)o1)CC2. The Hall–Kier alpha value is -2.38. The van der Waals surface area contributed by atoms with Gasteiger partial charge in [0.25, 0.3) is 0 Å². The zero-order valence-corrected chi connectivity index (χ0v) is 14.7. The van der Waals surface area contributed by atoms with E-state index in [2.05, 4.69) is 20.2 Å². The number of nitrogens with zero attached hydrogens (tertiary/aromatic N) is 6. The fraction of sp³-hybridized carbons (Fsp3) is 0.625. The van der Waals surface area contributed by atoms with Crippen LogP contribution in [0.15, 0.2) is 10.6 Å². The van der Waals surface area contributed by atoms with Crippen LogP contribution in [0.3, 0.4) is 0 Å². The summed E-state index contributed by atoms with van der Waals surface area (Å²) in [5, 5.41) is 12.4. The number of carbonyl (C=O) groups is 1. The molecule has 0 saturated carbocycles. The highest BCUT2D eigenvalue weighted by Gasteiger charge is 2.25. The van der Waals surface area contributed by atoms with Crippen molar-refractivity contribution in [2.75, 3.05) is 18.5 Å². The standard InChI is InChI=1S/C16H24N6O2/c1-5-11(2)15(23)20(4)9-13-8-17-22-7-6-21(10-14(13)22)16-19-18-12(3)24-16/h8,11H,5-7,9-10H2,1-4H3. The maximum Gasteiger partial charge on any atom is 0.318 e. The third-order valence-corrected chi connectivity index (χ3v) is 4.56. The van der Waals surface area contributed by atoms with Crippen molar-refractivity contribution < 1.29 is 9.21 Å². The minimum atomic E-state index is 0.0410. The van der Waals surface area contributed by atoms with Gasteiger partial charge in [-0.25, -0.2) is 0 Å². The van der Waals surface area contributed by atoms with E-state index in [1.165, 1.54) is 0 Å². The summed E-state index contributed by atoms with van der Waals surface area (Å²) in [5.41, 5.74) is 2.16. The van der Waals surface area contributed by atoms with Gasteiger partial charge in [0.2, 0.25) is 11.8 Å². The Morgan fingerprint density at radius 2 is 2.21 bits per heavy atom. The first-order chi connectivity index (χ1) is 11.5. The van der Waals surface area contributed by atoms with Crippen LogP contribution in [0.5, 0.6) is 0 Å². The van der Waals surface area contributed by atoms with Crippen molar-refractivity contribution in [3.63, 3.8) is 0 Å². The van der Waals surface area contributed by atoms with Gasteiger partial charge in [-0.3, -0.25) is 9.48 Å². The number of hydrogen-bond donors (Lipinski definition) is 0. The van der Waals surface area contributed by atoms with Gasteiger partial charge in [0.05, 0.1) is 25.0 Å². The van der Waals surface area contributed by atoms with Crippen LogP contribution in [0, 0.1) is 12.8 Å². The second-order valence-corrected chi connectivity index (χ2v) is 6.37. The van der Waals surface area contributed by atoms with E-state index in [-0.39, 0.29) is 11.8 Å². The molecule has 8 nitrogen and oxygen atoms in total. The molecule has 2 aromatic heterocycles. The molecular weight excluding hydrogens is 308 g/mol. The fourth-order valence-corrected chi connectivity index (χ4v) is 2.89. The molecule has 130 valence electrons. The predicted octanol–water partition coefficient (Wildman–Crippen LogP) is 1.60. The molecule has 0 radical (unpaired) electrons. The largest absolute Gasteiger partial charge is 0.408 e. The Labute approximate surface area is 141 Å². The van der Waals surface area contributed by atoms with Crippen LogP contribution >= 0.6 is 0 Å². The molecule has 0 N–H and O–H groups in total. The van der Waals surface area contributed by atoms with Gasteiger partial charge in [0, 0.05) is 38.5 Å². The van der Waals surface area contributed by atoms with Crippen LogP contribution in [0.2, 0.25) is 0 Å². The van der Waals surface area contributed by atoms with Gasteiger partial charge in [-0.15, -0.1) is 5.10 Å². The second-order valence-electron chi connectivity index (χ2n) is 6.37. The van der Waals surface area contributed by atoms with Crippen LogP contribution in [-0.4, -0.2) is 44.4 Å². The van der Waals surface area contributed by atoms with Gasteiger partial charge in [-0.05, 0) is 6.42 Å². The topological polar surface area (TPSA) is 80.3 Å². The van der Waals surface area contributed by atoms with Gasteiger partial charge in [-0.2, -0.15) is 5.10 Å². The summed E-state index contributed by atoms with van der Waals surface area (Å²) in [6.45, 7) is 8.54. The third kappa shape index (κ3) is 3.13. The van der Waals surface area contributed by atoms with Gasteiger partial charge in [0.15, 0.2) is 0 Å². The first-order valence-corrected chi connectivity index (χ1v) is 8.33. The maximum absolute atomic E-state index is 12.3. The van der Waals surface area contributed by atoms with Gasteiger partial charge in [0.1, 0.15) is 0 Å². The molecule has 1 amide bonds. The average molecular weight is 332 g/mol. The van der Waals surface area contributed by atoms with Gasteiger partial charge >= 0.3 is 6.01 Å². The number of carbonyl (C=O) groups excluding carboxylic acids is 1. The number of hydrogen-bond acceptors (Lipinski definition) is 6. The van der Waals surface area contributed by atoms with Crippen molar-refractivity contribution in [2.24, 2.45) is 5.92 Å². The summed E-state index contributed by atoms with van der Waals surface area (Å²) >= 11 is 0. The van der Waals surface area contributed by atoms with Crippen molar-refractivity contribution >= 4 is 11.9 Å². The molecule has 0 fully saturated rings. The molecule has 0 spiro atoms. The van der Waals surface area contributed by atoms with E-state index < -0.39 is 0 Å². The van der Waals surface area contributed by atoms with Crippen molar-refractivity contribution in [3.05, 3.63) is 23.3 Å². The molecule has 3 rings (SSSR count). The molecule has 24 heavy (non-hydrogen) atoms. The molecule has 1 aliphatic heterocycles. The Bertz CT molecular complexity index is 722. The van der Waals surface area contributed by atoms with Crippen molar-refractivity contribution in [3.8, 4) is 0 Å². The Morgan fingerprint density at radius 1 is 1.42 bits per heavy atom. The average Bonchev–Trinajstić information content (AvgIpc) is 3.19. The molecule has 0 bridgehead atoms. The van der Waals surface area contributed by atoms with Gasteiger partial charge < -0.3 is 14.2 Å². The number of anilines is 1. The molecule has 0 saturated heterocycles. The lowest BCUT2D eigenvalue weighted by molar-refractivity contribution is -0.134. The normalized spacial score (nSPS) is 15.2. The second kappa shape index (κ2) is 6.62. The summed E-state index contributed by atoms with van der Waals surface area (Å²) < 4.78 is 7.53. The summed E-state index contributed by atoms with van der Waals surface area (Å²) in [7, 11) is 1.85. The molecule has 1 aliphatic rings. The van der Waals surface area contributed by atoms with E-state index >= 15 is 0 Å². The number of fused-ring (bicyclic) bond motifs is 1. The first-order valence-electron chi connectivity index (χ1n) is 8.33. The minimum Gasteiger partial charge on any atom is -0.408 e. The molecule has 0 aliphatic carbocycles. The highest BCUT2D eigenvalue weighted by atomic mass is 16.4. The Morgan fingerprint density at radius 3 is 2.88 bits per heavy atom. The third-order valence-electron chi connectivity index (χ3n) is 4.56. The minimum absolute atomic E-state index is 0.0410. The molecule has 2 aromatic rings. The van der Waals surface area contributed by atoms with E-state index in [0.29, 0.717) is 25.0 Å². The lowest BCUT2D eigenvalue weighted by Gasteiger charge is -2.27. The Balaban J connectivity index is 1.74. The van der Waals surface area contributed by atoms with Crippen molar-refractivity contribution in [2.45, 2.75) is 46.8 Å². The molecule has 3 heterocycles. The predicted molar refractivity (Wildman–Crippen MR) is 88.2 cm³/mol. The van der Waals surface area contributed by atoms with E-state index in [1.54, 1.807) is 11.8 Å². The van der Waals surface area contributed by atoms with Crippen LogP contribution in [0.25, 0.3) is 0 Å². The first kappa shape index (κ1) is 16.5. The molecule has 1 atom stereocenters. The highest BCUT2D eigenvalue weighted by molar-refractivity contribution is 5.78. The number of rotatable bonds is 5. The lowest BCUT2D eigenvalue weighted by atomic mass is 10.1. The summed E-state index contributed by atoms with van der Waals surface area (Å²) in [5.74, 6) is 0.764. The number of amides is 1. The van der Waals surface area contributed by atoms with Crippen LogP contribution < -0.4 is 4.90 Å². The van der Waals surface area contributed by atoms with E-state index in [0.717, 1.165) is 30.8 Å². The molecule has 8 heteroatoms. The van der Waals surface area contributed by atoms with Crippen LogP contribution in [0.1, 0.15) is 37.4 Å². The quantitative estimate of drug-likeness (QED) is 0.827. The van der Waals surface area contributed by atoms with Crippen LogP contribution in [0.4, 0.5) is 6.01 Å². The zero-order chi connectivity index (χ0) is 17.3. The van der Waals surface area contributed by atoms with E-state index in [4.69, 9.17) is 4.42 Å². The molecular formula is C16H24N6O2. The fourth-order valence-electron chi connectivity index (χ4n) is 2.89. The van der Waals surface area contributed by atoms with Crippen molar-refractivity contribution in [1.29, 1.82) is 0 Å². The summed E-state index contributed by atoms with van der Waals surface area (Å²) in [6, 6.07) is 0.537. The molecule has 0 aromatic carbocycles. The zero-order valence-electron chi connectivity index (χ0n) is 14.7. The lowest BCUT2D eigenvalue weighted by Crippen LogP contribution is -2.35. The van der Waals surface area contributed by atoms with E-state index in [1.807, 2.05) is 31.8 Å². The maximum atomic E-state index is 12.3. The monoisotopic (exact) mass is 332 g/mol.